The van der Waals surface area contributed by atoms with E-state index in [2.05, 4.69) is 20.7 Å². The Labute approximate surface area is 122 Å². The number of benzene rings is 1. The molecule has 1 aromatic heterocycles. The molecule has 0 radical (unpaired) electrons. The lowest BCUT2D eigenvalue weighted by Crippen LogP contribution is -2.21. The van der Waals surface area contributed by atoms with Crippen molar-refractivity contribution in [3.05, 3.63) is 46.3 Å². The van der Waals surface area contributed by atoms with Crippen LogP contribution >= 0.6 is 0 Å². The zero-order valence-corrected chi connectivity index (χ0v) is 12.0. The molecule has 0 saturated heterocycles. The van der Waals surface area contributed by atoms with Gasteiger partial charge in [-0.05, 0) is 19.1 Å². The lowest BCUT2D eigenvalue weighted by Gasteiger charge is -2.14. The Bertz CT molecular complexity index is 642. The molecule has 8 nitrogen and oxygen atoms in total. The van der Waals surface area contributed by atoms with Crippen molar-refractivity contribution in [1.82, 2.24) is 15.0 Å². The SMILES string of the molecule is Cc1ccc(Nc2ncnc(NN(C)C)c2[N+](=O)[O-])cc1. The number of nitrogens with one attached hydrogen (secondary N) is 2. The third-order valence-electron chi connectivity index (χ3n) is 2.65. The van der Waals surface area contributed by atoms with Crippen LogP contribution in [0.25, 0.3) is 0 Å². The summed E-state index contributed by atoms with van der Waals surface area (Å²) < 4.78 is 0. The minimum atomic E-state index is -0.512. The molecule has 1 aromatic carbocycles. The lowest BCUT2D eigenvalue weighted by atomic mass is 10.2. The fourth-order valence-electron chi connectivity index (χ4n) is 1.71. The van der Waals surface area contributed by atoms with E-state index in [0.29, 0.717) is 0 Å². The molecule has 0 bridgehead atoms. The first-order chi connectivity index (χ1) is 9.97. The predicted octanol–water partition coefficient (Wildman–Crippen LogP) is 2.33. The summed E-state index contributed by atoms with van der Waals surface area (Å²) in [6.07, 6.45) is 1.27. The number of nitrogens with zero attached hydrogens (tertiary/aromatic N) is 4. The molecular weight excluding hydrogens is 272 g/mol. The molecule has 8 heteroatoms. The number of rotatable bonds is 5. The fourth-order valence-corrected chi connectivity index (χ4v) is 1.71. The van der Waals surface area contributed by atoms with E-state index in [1.54, 1.807) is 19.1 Å². The van der Waals surface area contributed by atoms with Crippen molar-refractivity contribution in [2.45, 2.75) is 6.92 Å². The van der Waals surface area contributed by atoms with E-state index < -0.39 is 4.92 Å². The van der Waals surface area contributed by atoms with Gasteiger partial charge >= 0.3 is 5.69 Å². The molecular formula is C13H16N6O2. The molecule has 0 spiro atoms. The average molecular weight is 288 g/mol. The highest BCUT2D eigenvalue weighted by Gasteiger charge is 2.23. The summed E-state index contributed by atoms with van der Waals surface area (Å²) >= 11 is 0. The summed E-state index contributed by atoms with van der Waals surface area (Å²) in [5.41, 5.74) is 4.41. The monoisotopic (exact) mass is 288 g/mol. The van der Waals surface area contributed by atoms with Crippen molar-refractivity contribution in [1.29, 1.82) is 0 Å². The molecule has 2 aromatic rings. The number of nitro groups is 1. The van der Waals surface area contributed by atoms with Crippen LogP contribution in [0.5, 0.6) is 0 Å². The van der Waals surface area contributed by atoms with Crippen molar-refractivity contribution < 1.29 is 4.92 Å². The van der Waals surface area contributed by atoms with Crippen molar-refractivity contribution in [3.63, 3.8) is 0 Å². The van der Waals surface area contributed by atoms with Gasteiger partial charge in [0.05, 0.1) is 4.92 Å². The van der Waals surface area contributed by atoms with Gasteiger partial charge in [-0.2, -0.15) is 0 Å². The van der Waals surface area contributed by atoms with Gasteiger partial charge in [0, 0.05) is 19.8 Å². The fraction of sp³-hybridized carbons (Fsp3) is 0.231. The summed E-state index contributed by atoms with van der Waals surface area (Å²) in [5, 5.41) is 15.8. The van der Waals surface area contributed by atoms with Crippen LogP contribution in [0.2, 0.25) is 0 Å². The number of hydrogen-bond donors (Lipinski definition) is 2. The Kier molecular flexibility index (Phi) is 4.29. The standard InChI is InChI=1S/C13H16N6O2/c1-9-4-6-10(7-5-9)16-12-11(19(20)21)13(15-8-14-12)17-18(2)3/h4-8H,1-3H3,(H2,14,15,16,17). The molecule has 2 rings (SSSR count). The molecule has 0 aliphatic heterocycles. The van der Waals surface area contributed by atoms with Gasteiger partial charge in [-0.1, -0.05) is 17.7 Å². The first-order valence-corrected chi connectivity index (χ1v) is 6.24. The van der Waals surface area contributed by atoms with Crippen LogP contribution in [-0.4, -0.2) is 34.0 Å². The molecule has 0 aliphatic rings. The highest BCUT2D eigenvalue weighted by molar-refractivity contribution is 5.73. The highest BCUT2D eigenvalue weighted by atomic mass is 16.6. The number of aromatic nitrogens is 2. The van der Waals surface area contributed by atoms with Gasteiger partial charge in [0.1, 0.15) is 6.33 Å². The normalized spacial score (nSPS) is 10.5. The van der Waals surface area contributed by atoms with Gasteiger partial charge < -0.3 is 5.32 Å². The largest absolute Gasteiger partial charge is 0.354 e. The van der Waals surface area contributed by atoms with E-state index in [4.69, 9.17) is 0 Å². The number of hydrazine groups is 1. The maximum absolute atomic E-state index is 11.3. The molecule has 0 atom stereocenters. The number of anilines is 3. The Balaban J connectivity index is 2.38. The second kappa shape index (κ2) is 6.14. The van der Waals surface area contributed by atoms with Crippen LogP contribution in [0.15, 0.2) is 30.6 Å². The van der Waals surface area contributed by atoms with Crippen LogP contribution in [0.3, 0.4) is 0 Å². The zero-order chi connectivity index (χ0) is 15.4. The lowest BCUT2D eigenvalue weighted by molar-refractivity contribution is -0.383. The zero-order valence-electron chi connectivity index (χ0n) is 12.0. The van der Waals surface area contributed by atoms with Gasteiger partial charge in [0.25, 0.3) is 0 Å². The van der Waals surface area contributed by atoms with E-state index in [0.717, 1.165) is 11.3 Å². The number of aryl methyl sites for hydroxylation is 1. The molecule has 2 N–H and O–H groups in total. The molecule has 1 heterocycles. The molecule has 110 valence electrons. The van der Waals surface area contributed by atoms with E-state index >= 15 is 0 Å². The molecule has 0 unspecified atom stereocenters. The predicted molar refractivity (Wildman–Crippen MR) is 80.5 cm³/mol. The van der Waals surface area contributed by atoms with Crippen molar-refractivity contribution in [2.75, 3.05) is 24.8 Å². The first kappa shape index (κ1) is 14.7. The molecule has 0 fully saturated rings. The van der Waals surface area contributed by atoms with Crippen molar-refractivity contribution in [3.8, 4) is 0 Å². The average Bonchev–Trinajstić information content (AvgIpc) is 2.40. The maximum atomic E-state index is 11.3. The van der Waals surface area contributed by atoms with Crippen molar-refractivity contribution >= 4 is 23.0 Å². The van der Waals surface area contributed by atoms with Crippen LogP contribution in [0.4, 0.5) is 23.0 Å². The van der Waals surface area contributed by atoms with Gasteiger partial charge in [0.15, 0.2) is 0 Å². The Hall–Kier alpha value is -2.74. The smallest absolute Gasteiger partial charge is 0.334 e. The van der Waals surface area contributed by atoms with Gasteiger partial charge in [0.2, 0.25) is 11.6 Å². The van der Waals surface area contributed by atoms with Gasteiger partial charge in [-0.25, -0.2) is 15.0 Å². The van der Waals surface area contributed by atoms with Crippen LogP contribution in [0, 0.1) is 17.0 Å². The summed E-state index contributed by atoms with van der Waals surface area (Å²) in [5.74, 6) is 0.276. The van der Waals surface area contributed by atoms with Gasteiger partial charge in [-0.3, -0.25) is 15.5 Å². The Morgan fingerprint density at radius 3 is 2.33 bits per heavy atom. The molecule has 0 saturated carbocycles. The second-order valence-electron chi connectivity index (χ2n) is 4.67. The van der Waals surface area contributed by atoms with Crippen LogP contribution < -0.4 is 10.7 Å². The Morgan fingerprint density at radius 1 is 1.14 bits per heavy atom. The third-order valence-corrected chi connectivity index (χ3v) is 2.65. The van der Waals surface area contributed by atoms with E-state index in [-0.39, 0.29) is 17.3 Å². The highest BCUT2D eigenvalue weighted by Crippen LogP contribution is 2.31. The van der Waals surface area contributed by atoms with Crippen LogP contribution in [-0.2, 0) is 0 Å². The summed E-state index contributed by atoms with van der Waals surface area (Å²) in [6, 6.07) is 7.49. The molecule has 21 heavy (non-hydrogen) atoms. The minimum Gasteiger partial charge on any atom is -0.334 e. The third kappa shape index (κ3) is 3.63. The molecule has 0 amide bonds. The topological polar surface area (TPSA) is 96.2 Å². The first-order valence-electron chi connectivity index (χ1n) is 6.24. The van der Waals surface area contributed by atoms with E-state index in [1.165, 1.54) is 6.33 Å². The summed E-state index contributed by atoms with van der Waals surface area (Å²) in [7, 11) is 3.44. The summed E-state index contributed by atoms with van der Waals surface area (Å²) in [6.45, 7) is 1.97. The second-order valence-corrected chi connectivity index (χ2v) is 4.67. The van der Waals surface area contributed by atoms with Crippen LogP contribution in [0.1, 0.15) is 5.56 Å². The van der Waals surface area contributed by atoms with E-state index in [9.17, 15) is 10.1 Å². The quantitative estimate of drug-likeness (QED) is 0.643. The van der Waals surface area contributed by atoms with Gasteiger partial charge in [-0.15, -0.1) is 0 Å². The maximum Gasteiger partial charge on any atom is 0.354 e. The summed E-state index contributed by atoms with van der Waals surface area (Å²) in [4.78, 5) is 18.7. The number of hydrogen-bond acceptors (Lipinski definition) is 7. The Morgan fingerprint density at radius 2 is 1.76 bits per heavy atom. The van der Waals surface area contributed by atoms with Crippen molar-refractivity contribution in [2.24, 2.45) is 0 Å². The van der Waals surface area contributed by atoms with E-state index in [1.807, 2.05) is 31.2 Å². The minimum absolute atomic E-state index is 0.134. The molecule has 0 aliphatic carbocycles.